The highest BCUT2D eigenvalue weighted by atomic mass is 16.7. The Morgan fingerprint density at radius 1 is 2.00 bits per heavy atom. The van der Waals surface area contributed by atoms with Gasteiger partial charge in [0.15, 0.2) is 0 Å². The summed E-state index contributed by atoms with van der Waals surface area (Å²) in [6.07, 6.45) is 0.300. The van der Waals surface area contributed by atoms with Gasteiger partial charge in [-0.05, 0) is 0 Å². The summed E-state index contributed by atoms with van der Waals surface area (Å²) in [6, 6.07) is 0. The molecule has 0 fully saturated rings. The molecule has 0 atom stereocenters. The Balaban J connectivity index is 3.02. The second-order valence-electron chi connectivity index (χ2n) is 0.635. The zero-order chi connectivity index (χ0) is 5.70. The zero-order valence-electron chi connectivity index (χ0n) is 3.34. The lowest BCUT2D eigenvalue weighted by molar-refractivity contribution is 0.125. The van der Waals surface area contributed by atoms with E-state index in [4.69, 9.17) is 5.26 Å². The van der Waals surface area contributed by atoms with Gasteiger partial charge in [0.25, 0.3) is 0 Å². The van der Waals surface area contributed by atoms with Crippen LogP contribution in [0.2, 0.25) is 0 Å². The van der Waals surface area contributed by atoms with Crippen LogP contribution in [0.1, 0.15) is 0 Å². The van der Waals surface area contributed by atoms with Crippen LogP contribution in [0.5, 0.6) is 0 Å². The van der Waals surface area contributed by atoms with Crippen molar-refractivity contribution in [3.8, 4) is 6.19 Å². The molecule has 0 heterocycles. The second-order valence-corrected chi connectivity index (χ2v) is 0.635. The van der Waals surface area contributed by atoms with E-state index in [9.17, 15) is 4.79 Å². The first-order chi connectivity index (χ1) is 3.27. The van der Waals surface area contributed by atoms with Gasteiger partial charge in [-0.15, -0.1) is 5.48 Å². The van der Waals surface area contributed by atoms with Crippen molar-refractivity contribution in [2.45, 2.75) is 0 Å². The van der Waals surface area contributed by atoms with Gasteiger partial charge in [-0.25, -0.2) is 4.79 Å². The van der Waals surface area contributed by atoms with Crippen molar-refractivity contribution in [1.82, 2.24) is 5.48 Å². The molecule has 0 aromatic heterocycles. The number of primary amides is 1. The molecule has 0 aromatic carbocycles. The molecule has 0 unspecified atom stereocenters. The number of nitrogens with two attached hydrogens (primary N) is 1. The van der Waals surface area contributed by atoms with Gasteiger partial charge in [-0.3, -0.25) is 0 Å². The van der Waals surface area contributed by atoms with Crippen LogP contribution in [0, 0.1) is 11.5 Å². The van der Waals surface area contributed by atoms with Gasteiger partial charge in [0.1, 0.15) is 0 Å². The van der Waals surface area contributed by atoms with Gasteiger partial charge in [0, 0.05) is 0 Å². The molecule has 1 amide bonds. The van der Waals surface area contributed by atoms with Crippen LogP contribution >= 0.6 is 0 Å². The van der Waals surface area contributed by atoms with Crippen LogP contribution < -0.4 is 11.2 Å². The minimum atomic E-state index is -1.03. The van der Waals surface area contributed by atoms with E-state index in [1.807, 2.05) is 0 Å². The average Bonchev–Trinajstić information content (AvgIpc) is 1.61. The van der Waals surface area contributed by atoms with Gasteiger partial charge in [0.05, 0.1) is 0 Å². The lowest BCUT2D eigenvalue weighted by atomic mass is 11.3. The van der Waals surface area contributed by atoms with Gasteiger partial charge < -0.3 is 10.6 Å². The van der Waals surface area contributed by atoms with E-state index in [2.05, 4.69) is 10.6 Å². The summed E-state index contributed by atoms with van der Waals surface area (Å²) >= 11 is 0. The summed E-state index contributed by atoms with van der Waals surface area (Å²) in [5.41, 5.74) is 5.98. The third-order valence-corrected chi connectivity index (χ3v) is 0.197. The Labute approximate surface area is 39.6 Å². The lowest BCUT2D eigenvalue weighted by Gasteiger charge is -1.88. The van der Waals surface area contributed by atoms with Gasteiger partial charge in [-0.2, -0.15) is 5.26 Å². The molecule has 38 valence electrons. The maximum atomic E-state index is 9.54. The molecule has 0 rings (SSSR count). The third-order valence-electron chi connectivity index (χ3n) is 0.197. The third kappa shape index (κ3) is 4.56. The number of hydroxylamine groups is 1. The predicted molar refractivity (Wildman–Crippen MR) is 19.4 cm³/mol. The molecule has 0 aliphatic rings. The van der Waals surface area contributed by atoms with Crippen LogP contribution in [0.3, 0.4) is 0 Å². The fourth-order valence-electron chi connectivity index (χ4n) is 0.0731. The fraction of sp³-hybridized carbons (Fsp3) is 0. The minimum Gasteiger partial charge on any atom is -0.333 e. The molecule has 0 aromatic rings. The summed E-state index contributed by atoms with van der Waals surface area (Å²) in [5, 5.41) is 7.62. The van der Waals surface area contributed by atoms with Crippen molar-refractivity contribution in [1.29, 1.82) is 5.26 Å². The number of hydrogen-bond acceptors (Lipinski definition) is 4. The van der Waals surface area contributed by atoms with Crippen molar-refractivity contribution < 1.29 is 9.63 Å². The summed E-state index contributed by atoms with van der Waals surface area (Å²) in [5.74, 6) is 0. The van der Waals surface area contributed by atoms with Crippen LogP contribution in [0.4, 0.5) is 4.79 Å². The standard InChI is InChI=1S/C2H3N3O2/c3-1-5-7-2(4)6/h5H,(H2,4,6). The summed E-state index contributed by atoms with van der Waals surface area (Å²) in [7, 11) is 0. The van der Waals surface area contributed by atoms with E-state index < -0.39 is 6.09 Å². The highest BCUT2D eigenvalue weighted by Crippen LogP contribution is 1.58. The van der Waals surface area contributed by atoms with Crippen molar-refractivity contribution in [2.75, 3.05) is 0 Å². The smallest absolute Gasteiger partial charge is 0.333 e. The fourth-order valence-corrected chi connectivity index (χ4v) is 0.0731. The van der Waals surface area contributed by atoms with Crippen LogP contribution in [0.15, 0.2) is 0 Å². The Morgan fingerprint density at radius 2 is 2.57 bits per heavy atom. The number of carbonyl (C=O) groups excluding carboxylic acids is 1. The largest absolute Gasteiger partial charge is 0.429 e. The normalized spacial score (nSPS) is 6.14. The van der Waals surface area contributed by atoms with Crippen LogP contribution in [0.25, 0.3) is 0 Å². The number of carbonyl (C=O) groups is 1. The average molecular weight is 101 g/mol. The van der Waals surface area contributed by atoms with Crippen LogP contribution in [-0.2, 0) is 4.84 Å². The first kappa shape index (κ1) is 5.56. The molecular weight excluding hydrogens is 98.0 g/mol. The Morgan fingerprint density at radius 3 is 2.71 bits per heavy atom. The molecule has 0 aliphatic carbocycles. The molecule has 7 heavy (non-hydrogen) atoms. The number of nitriles is 1. The molecule has 3 N–H and O–H groups in total. The number of nitrogens with zero attached hydrogens (tertiary/aromatic N) is 1. The monoisotopic (exact) mass is 101 g/mol. The molecule has 5 heteroatoms. The van der Waals surface area contributed by atoms with Gasteiger partial charge >= 0.3 is 6.09 Å². The number of nitrogens with one attached hydrogen (secondary N) is 1. The Kier molecular flexibility index (Phi) is 2.21. The Hall–Kier alpha value is -1.44. The van der Waals surface area contributed by atoms with E-state index >= 15 is 0 Å². The van der Waals surface area contributed by atoms with Gasteiger partial charge in [-0.1, -0.05) is 0 Å². The van der Waals surface area contributed by atoms with Crippen molar-refractivity contribution in [3.05, 3.63) is 0 Å². The molecule has 0 bridgehead atoms. The highest BCUT2D eigenvalue weighted by Gasteiger charge is 1.85. The maximum Gasteiger partial charge on any atom is 0.429 e. The SMILES string of the molecule is N#CNOC(N)=O. The molecule has 0 saturated heterocycles. The van der Waals surface area contributed by atoms with Crippen molar-refractivity contribution >= 4 is 6.09 Å². The number of amides is 1. The highest BCUT2D eigenvalue weighted by molar-refractivity contribution is 5.64. The molecule has 0 radical (unpaired) electrons. The molecule has 0 spiro atoms. The lowest BCUT2D eigenvalue weighted by Crippen LogP contribution is -2.20. The number of rotatable bonds is 1. The first-order valence-electron chi connectivity index (χ1n) is 1.37. The van der Waals surface area contributed by atoms with E-state index in [-0.39, 0.29) is 0 Å². The predicted octanol–water partition coefficient (Wildman–Crippen LogP) is -0.933. The summed E-state index contributed by atoms with van der Waals surface area (Å²) in [4.78, 5) is 13.3. The van der Waals surface area contributed by atoms with E-state index in [0.29, 0.717) is 0 Å². The van der Waals surface area contributed by atoms with E-state index in [1.165, 1.54) is 6.19 Å². The maximum absolute atomic E-state index is 9.54. The van der Waals surface area contributed by atoms with Gasteiger partial charge in [0.2, 0.25) is 6.19 Å². The second kappa shape index (κ2) is 2.78. The molecular formula is C2H3N3O2. The Bertz CT molecular complexity index is 104. The number of hydrogen-bond donors (Lipinski definition) is 2. The van der Waals surface area contributed by atoms with E-state index in [1.54, 1.807) is 5.48 Å². The summed E-state index contributed by atoms with van der Waals surface area (Å²) in [6.45, 7) is 0. The topological polar surface area (TPSA) is 88.1 Å². The molecule has 5 nitrogen and oxygen atoms in total. The molecule has 0 saturated carbocycles. The first-order valence-corrected chi connectivity index (χ1v) is 1.37. The summed E-state index contributed by atoms with van der Waals surface area (Å²) < 4.78 is 0. The van der Waals surface area contributed by atoms with Crippen LogP contribution in [-0.4, -0.2) is 6.09 Å². The zero-order valence-corrected chi connectivity index (χ0v) is 3.34. The van der Waals surface area contributed by atoms with Crippen molar-refractivity contribution in [2.24, 2.45) is 5.73 Å². The quantitative estimate of drug-likeness (QED) is 0.253. The van der Waals surface area contributed by atoms with E-state index in [0.717, 1.165) is 0 Å². The molecule has 0 aliphatic heterocycles. The van der Waals surface area contributed by atoms with Crippen molar-refractivity contribution in [3.63, 3.8) is 0 Å². The minimum absolute atomic E-state index is 1.03.